The molecule has 0 saturated carbocycles. The molecule has 0 saturated heterocycles. The zero-order chi connectivity index (χ0) is 15.1. The Kier molecular flexibility index (Phi) is 6.47. The number of nitro groups is 1. The van der Waals surface area contributed by atoms with Gasteiger partial charge in [0.15, 0.2) is 8.68 Å². The zero-order valence-corrected chi connectivity index (χ0v) is 14.0. The third kappa shape index (κ3) is 4.98. The molecule has 0 N–H and O–H groups in total. The molecular formula is C13H15N3O2S3. The van der Waals surface area contributed by atoms with E-state index < -0.39 is 0 Å². The molecule has 0 atom stereocenters. The van der Waals surface area contributed by atoms with Crippen LogP contribution in [0.15, 0.2) is 32.9 Å². The summed E-state index contributed by atoms with van der Waals surface area (Å²) in [6.45, 7) is 2.16. The molecule has 1 aromatic carbocycles. The van der Waals surface area contributed by atoms with E-state index in [1.54, 1.807) is 35.2 Å². The Labute approximate surface area is 135 Å². The highest BCUT2D eigenvalue weighted by Crippen LogP contribution is 2.32. The number of hydrogen-bond acceptors (Lipinski definition) is 7. The van der Waals surface area contributed by atoms with Crippen LogP contribution in [0, 0.1) is 10.1 Å². The van der Waals surface area contributed by atoms with E-state index in [-0.39, 0.29) is 10.6 Å². The Morgan fingerprint density at radius 2 is 1.95 bits per heavy atom. The number of para-hydroxylation sites is 1. The monoisotopic (exact) mass is 341 g/mol. The summed E-state index contributed by atoms with van der Waals surface area (Å²) < 4.78 is 1.82. The van der Waals surface area contributed by atoms with E-state index in [2.05, 4.69) is 17.1 Å². The van der Waals surface area contributed by atoms with Crippen LogP contribution >= 0.6 is 34.9 Å². The summed E-state index contributed by atoms with van der Waals surface area (Å²) in [5.41, 5.74) is 0.870. The topological polar surface area (TPSA) is 68.9 Å². The third-order valence-corrected chi connectivity index (χ3v) is 5.98. The van der Waals surface area contributed by atoms with Gasteiger partial charge in [0.2, 0.25) is 0 Å². The summed E-state index contributed by atoms with van der Waals surface area (Å²) in [5.74, 6) is 1.59. The lowest BCUT2D eigenvalue weighted by Crippen LogP contribution is -1.93. The predicted octanol–water partition coefficient (Wildman–Crippen LogP) is 4.63. The lowest BCUT2D eigenvalue weighted by Gasteiger charge is -2.00. The maximum atomic E-state index is 11.0. The fraction of sp³-hybridized carbons (Fsp3) is 0.385. The van der Waals surface area contributed by atoms with Crippen LogP contribution in [0.5, 0.6) is 0 Å². The summed E-state index contributed by atoms with van der Waals surface area (Å²) in [6, 6.07) is 6.81. The molecule has 1 heterocycles. The van der Waals surface area contributed by atoms with Crippen LogP contribution in [0.2, 0.25) is 0 Å². The highest BCUT2D eigenvalue weighted by molar-refractivity contribution is 8.02. The minimum Gasteiger partial charge on any atom is -0.258 e. The maximum absolute atomic E-state index is 11.0. The molecule has 8 heteroatoms. The molecule has 21 heavy (non-hydrogen) atoms. The van der Waals surface area contributed by atoms with Crippen molar-refractivity contribution in [2.24, 2.45) is 0 Å². The lowest BCUT2D eigenvalue weighted by atomic mass is 10.2. The normalized spacial score (nSPS) is 10.7. The molecule has 0 spiro atoms. The van der Waals surface area contributed by atoms with Crippen molar-refractivity contribution < 1.29 is 4.92 Å². The van der Waals surface area contributed by atoms with E-state index >= 15 is 0 Å². The maximum Gasteiger partial charge on any atom is 0.273 e. The largest absolute Gasteiger partial charge is 0.273 e. The van der Waals surface area contributed by atoms with E-state index in [1.165, 1.54) is 30.7 Å². The Balaban J connectivity index is 1.93. The molecule has 0 bridgehead atoms. The van der Waals surface area contributed by atoms with Crippen LogP contribution in [0.25, 0.3) is 0 Å². The van der Waals surface area contributed by atoms with Crippen molar-refractivity contribution in [3.63, 3.8) is 0 Å². The van der Waals surface area contributed by atoms with Crippen molar-refractivity contribution >= 4 is 40.5 Å². The van der Waals surface area contributed by atoms with Gasteiger partial charge in [-0.25, -0.2) is 0 Å². The Hall–Kier alpha value is -1.12. The summed E-state index contributed by atoms with van der Waals surface area (Å²) in [5, 5.41) is 19.2. The molecule has 0 aliphatic heterocycles. The van der Waals surface area contributed by atoms with Crippen LogP contribution < -0.4 is 0 Å². The van der Waals surface area contributed by atoms with Crippen LogP contribution in [0.4, 0.5) is 5.69 Å². The van der Waals surface area contributed by atoms with Gasteiger partial charge in [-0.1, -0.05) is 66.4 Å². The first-order valence-electron chi connectivity index (χ1n) is 6.52. The highest BCUT2D eigenvalue weighted by atomic mass is 32.2. The summed E-state index contributed by atoms with van der Waals surface area (Å²) in [6.07, 6.45) is 2.34. The summed E-state index contributed by atoms with van der Waals surface area (Å²) in [4.78, 5) is 10.6. The minimum absolute atomic E-state index is 0.159. The van der Waals surface area contributed by atoms with E-state index in [0.717, 1.165) is 14.4 Å². The van der Waals surface area contributed by atoms with Gasteiger partial charge in [0.05, 0.1) is 4.92 Å². The molecule has 0 fully saturated rings. The fourth-order valence-corrected chi connectivity index (χ4v) is 4.74. The third-order valence-electron chi connectivity index (χ3n) is 2.65. The quantitative estimate of drug-likeness (QED) is 0.302. The number of nitro benzene ring substituents is 1. The van der Waals surface area contributed by atoms with Gasteiger partial charge in [0.25, 0.3) is 5.69 Å². The van der Waals surface area contributed by atoms with E-state index in [1.807, 2.05) is 6.07 Å². The molecule has 0 amide bonds. The number of thioether (sulfide) groups is 2. The SMILES string of the molecule is CCCCSc1nnc(SCc2ccccc2[N+](=O)[O-])s1. The Bertz CT molecular complexity index is 604. The van der Waals surface area contributed by atoms with Gasteiger partial charge in [-0.15, -0.1) is 10.2 Å². The molecule has 2 rings (SSSR count). The van der Waals surface area contributed by atoms with Crippen molar-refractivity contribution in [3.8, 4) is 0 Å². The van der Waals surface area contributed by atoms with Crippen LogP contribution in [0.3, 0.4) is 0 Å². The van der Waals surface area contributed by atoms with E-state index in [9.17, 15) is 10.1 Å². The Morgan fingerprint density at radius 3 is 2.67 bits per heavy atom. The van der Waals surface area contributed by atoms with Crippen LogP contribution in [-0.4, -0.2) is 20.9 Å². The van der Waals surface area contributed by atoms with Gasteiger partial charge in [0, 0.05) is 23.1 Å². The number of aromatic nitrogens is 2. The minimum atomic E-state index is -0.345. The summed E-state index contributed by atoms with van der Waals surface area (Å²) in [7, 11) is 0. The van der Waals surface area contributed by atoms with Gasteiger partial charge < -0.3 is 0 Å². The molecule has 0 radical (unpaired) electrons. The second kappa shape index (κ2) is 8.35. The van der Waals surface area contributed by atoms with Gasteiger partial charge in [-0.2, -0.15) is 0 Å². The highest BCUT2D eigenvalue weighted by Gasteiger charge is 2.13. The lowest BCUT2D eigenvalue weighted by molar-refractivity contribution is -0.385. The fourth-order valence-electron chi connectivity index (χ4n) is 1.57. The van der Waals surface area contributed by atoms with Gasteiger partial charge in [-0.05, 0) is 6.42 Å². The molecule has 0 unspecified atom stereocenters. The molecule has 0 aliphatic carbocycles. The molecule has 2 aromatic rings. The average molecular weight is 341 g/mol. The Morgan fingerprint density at radius 1 is 1.24 bits per heavy atom. The number of unbranched alkanes of at least 4 members (excludes halogenated alkanes) is 1. The van der Waals surface area contributed by atoms with Gasteiger partial charge >= 0.3 is 0 Å². The average Bonchev–Trinajstić information content (AvgIpc) is 2.93. The van der Waals surface area contributed by atoms with Crippen molar-refractivity contribution in [2.45, 2.75) is 34.2 Å². The second-order valence-electron chi connectivity index (χ2n) is 4.21. The summed E-state index contributed by atoms with van der Waals surface area (Å²) >= 11 is 4.76. The van der Waals surface area contributed by atoms with E-state index in [0.29, 0.717) is 11.3 Å². The van der Waals surface area contributed by atoms with Crippen molar-refractivity contribution in [1.29, 1.82) is 0 Å². The van der Waals surface area contributed by atoms with Gasteiger partial charge in [0.1, 0.15) is 0 Å². The van der Waals surface area contributed by atoms with Crippen molar-refractivity contribution in [3.05, 3.63) is 39.9 Å². The number of benzene rings is 1. The first kappa shape index (κ1) is 16.3. The molecule has 1 aromatic heterocycles. The first-order chi connectivity index (χ1) is 10.2. The smallest absolute Gasteiger partial charge is 0.258 e. The molecule has 112 valence electrons. The van der Waals surface area contributed by atoms with Gasteiger partial charge in [-0.3, -0.25) is 10.1 Å². The molecule has 0 aliphatic rings. The zero-order valence-electron chi connectivity index (χ0n) is 11.5. The van der Waals surface area contributed by atoms with Crippen molar-refractivity contribution in [2.75, 3.05) is 5.75 Å². The first-order valence-corrected chi connectivity index (χ1v) is 9.31. The number of rotatable bonds is 8. The molecule has 5 nitrogen and oxygen atoms in total. The molecular weight excluding hydrogens is 326 g/mol. The number of hydrogen-bond donors (Lipinski definition) is 0. The number of nitrogens with zero attached hydrogens (tertiary/aromatic N) is 3. The predicted molar refractivity (Wildman–Crippen MR) is 88.2 cm³/mol. The van der Waals surface area contributed by atoms with Crippen LogP contribution in [-0.2, 0) is 5.75 Å². The van der Waals surface area contributed by atoms with E-state index in [4.69, 9.17) is 0 Å². The van der Waals surface area contributed by atoms with Crippen molar-refractivity contribution in [1.82, 2.24) is 10.2 Å². The van der Waals surface area contributed by atoms with Crippen LogP contribution in [0.1, 0.15) is 25.3 Å². The second-order valence-corrected chi connectivity index (χ2v) is 7.75. The standard InChI is InChI=1S/C13H15N3O2S3/c1-2-3-8-19-12-14-15-13(21-12)20-9-10-6-4-5-7-11(10)16(17)18/h4-7H,2-3,8-9H2,1H3.